The van der Waals surface area contributed by atoms with Crippen molar-refractivity contribution in [3.63, 3.8) is 0 Å². The van der Waals surface area contributed by atoms with Crippen LogP contribution in [0.3, 0.4) is 0 Å². The first-order valence-electron chi connectivity index (χ1n) is 13.0. The molecule has 0 radical (unpaired) electrons. The summed E-state index contributed by atoms with van der Waals surface area (Å²) in [6.07, 6.45) is 26.8. The second-order valence-corrected chi connectivity index (χ2v) is 14.1. The van der Waals surface area contributed by atoms with E-state index in [4.69, 9.17) is 14.0 Å². The molecule has 0 saturated carbocycles. The first-order chi connectivity index (χ1) is 15.7. The molecule has 0 rings (SSSR count). The van der Waals surface area contributed by atoms with Crippen molar-refractivity contribution in [2.75, 3.05) is 37.0 Å². The van der Waals surface area contributed by atoms with Crippen LogP contribution in [0.1, 0.15) is 119 Å². The Balaban J connectivity index is -0.0000000875. The monoisotopic (exact) mass is 546 g/mol. The van der Waals surface area contributed by atoms with Crippen molar-refractivity contribution < 1.29 is 31.0 Å². The minimum absolute atomic E-state index is 0. The van der Waals surface area contributed by atoms with Gasteiger partial charge in [-0.2, -0.15) is 0 Å². The average molecular weight is 547 g/mol. The van der Waals surface area contributed by atoms with Crippen molar-refractivity contribution >= 4 is 15.8 Å². The van der Waals surface area contributed by atoms with E-state index in [9.17, 15) is 0 Å². The smallest absolute Gasteiger partial charge is 0 e. The summed E-state index contributed by atoms with van der Waals surface area (Å²) in [4.78, 5) is 0. The molecule has 0 aromatic heterocycles. The fourth-order valence-electron chi connectivity index (χ4n) is 3.31. The first-order valence-corrected chi connectivity index (χ1v) is 17.2. The second kappa shape index (κ2) is 53.8. The van der Waals surface area contributed by atoms with Gasteiger partial charge in [-0.15, -0.1) is 0 Å². The van der Waals surface area contributed by atoms with Gasteiger partial charge in [-0.05, 0) is 38.5 Å². The molecule has 0 saturated heterocycles. The van der Waals surface area contributed by atoms with Crippen LogP contribution in [-0.4, -0.2) is 37.0 Å². The fourth-order valence-corrected chi connectivity index (χ4v) is 9.93. The molecule has 0 fully saturated rings. The summed E-state index contributed by atoms with van der Waals surface area (Å²) in [5.41, 5.74) is 0. The summed E-state index contributed by atoms with van der Waals surface area (Å²) < 4.78 is 22.5. The van der Waals surface area contributed by atoms with E-state index < -0.39 is 0 Å². The Morgan fingerprint density at radius 2 is 0.485 bits per heavy atom. The molecule has 0 aliphatic rings. The van der Waals surface area contributed by atoms with Crippen molar-refractivity contribution in [2.45, 2.75) is 119 Å². The van der Waals surface area contributed by atoms with Crippen LogP contribution in [0.4, 0.5) is 0 Å². The molecule has 0 aromatic carbocycles. The van der Waals surface area contributed by atoms with E-state index in [2.05, 4.69) is 61.5 Å². The number of hydrogen-bond donors (Lipinski definition) is 0. The summed E-state index contributed by atoms with van der Waals surface area (Å²) in [6, 6.07) is 0. The molecule has 0 bridgehead atoms. The molecule has 33 heavy (non-hydrogen) atoms. The van der Waals surface area contributed by atoms with E-state index in [-0.39, 0.29) is 32.9 Å². The van der Waals surface area contributed by atoms with Gasteiger partial charge in [-0.3, -0.25) is 0 Å². The molecule has 0 atom stereocenters. The molecule has 0 aliphatic heterocycles. The van der Waals surface area contributed by atoms with Gasteiger partial charge in [0.05, 0.1) is 37.0 Å². The SMILES string of the molecule is CCCC[PH+](CCCC)CCCC.CCCC[PH+](CCCC)CCCC.[C-]#[O+].[C-]#[O+].[C-]#[O+].[Fe]. The van der Waals surface area contributed by atoms with Gasteiger partial charge in [0.25, 0.3) is 0 Å². The number of unbranched alkanes of at least 4 members (excludes halogenated alkanes) is 6. The summed E-state index contributed by atoms with van der Waals surface area (Å²) in [7, 11) is 0.135. The topological polar surface area (TPSA) is 59.7 Å². The van der Waals surface area contributed by atoms with Crippen molar-refractivity contribution in [3.05, 3.63) is 20.0 Å². The zero-order valence-corrected chi connectivity index (χ0v) is 25.9. The number of hydrogen-bond acceptors (Lipinski definition) is 0. The maximum Gasteiger partial charge on any atom is 0 e. The summed E-state index contributed by atoms with van der Waals surface area (Å²) in [6.45, 7) is 27.4. The second-order valence-electron chi connectivity index (χ2n) is 8.12. The molecule has 0 heterocycles. The van der Waals surface area contributed by atoms with Gasteiger partial charge < -0.3 is 0 Å². The van der Waals surface area contributed by atoms with E-state index in [1.54, 1.807) is 37.0 Å². The molecule has 0 unspecified atom stereocenters. The van der Waals surface area contributed by atoms with E-state index in [0.29, 0.717) is 0 Å². The molecule has 0 N–H and O–H groups in total. The van der Waals surface area contributed by atoms with Crippen molar-refractivity contribution in [1.29, 1.82) is 0 Å². The Morgan fingerprint density at radius 3 is 0.576 bits per heavy atom. The molecule has 0 amide bonds. The Bertz CT molecular complexity index is 274. The molecule has 6 heteroatoms. The van der Waals surface area contributed by atoms with Gasteiger partial charge in [0.15, 0.2) is 0 Å². The van der Waals surface area contributed by atoms with Crippen molar-refractivity contribution in [3.8, 4) is 0 Å². The zero-order valence-electron chi connectivity index (χ0n) is 22.8. The normalized spacial score (nSPS) is 8.91. The predicted octanol–water partition coefficient (Wildman–Crippen LogP) is 9.09. The van der Waals surface area contributed by atoms with E-state index in [0.717, 1.165) is 0 Å². The largest absolute Gasteiger partial charge is 0 e. The average Bonchev–Trinajstić information content (AvgIpc) is 2.87. The van der Waals surface area contributed by atoms with Crippen molar-refractivity contribution in [1.82, 2.24) is 0 Å². The van der Waals surface area contributed by atoms with Gasteiger partial charge in [-0.1, -0.05) is 80.1 Å². The summed E-state index contributed by atoms with van der Waals surface area (Å²) in [5, 5.41) is 0. The third kappa shape index (κ3) is 50.4. The Hall–Kier alpha value is 0.599. The molecule has 0 aromatic rings. The molecule has 0 aliphatic carbocycles. The molecule has 3 nitrogen and oxygen atoms in total. The molecule has 198 valence electrons. The van der Waals surface area contributed by atoms with Gasteiger partial charge in [0.2, 0.25) is 0 Å². The third-order valence-electron chi connectivity index (χ3n) is 5.30. The van der Waals surface area contributed by atoms with Crippen LogP contribution in [0, 0.1) is 20.0 Å². The Kier molecular flexibility index (Phi) is 76.4. The van der Waals surface area contributed by atoms with Gasteiger partial charge >= 0.3 is 33.9 Å². The van der Waals surface area contributed by atoms with Gasteiger partial charge in [-0.25, -0.2) is 0 Å². The molecular weight excluding hydrogens is 490 g/mol. The van der Waals surface area contributed by atoms with Gasteiger partial charge in [0, 0.05) is 32.9 Å². The quantitative estimate of drug-likeness (QED) is 0.0713. The van der Waals surface area contributed by atoms with Crippen LogP contribution in [0.15, 0.2) is 0 Å². The van der Waals surface area contributed by atoms with Crippen LogP contribution in [0.2, 0.25) is 0 Å². The first kappa shape index (κ1) is 46.9. The van der Waals surface area contributed by atoms with E-state index >= 15 is 0 Å². The van der Waals surface area contributed by atoms with E-state index in [1.165, 1.54) is 77.0 Å². The summed E-state index contributed by atoms with van der Waals surface area (Å²) in [5.74, 6) is 0. The van der Waals surface area contributed by atoms with Crippen molar-refractivity contribution in [2.24, 2.45) is 0 Å². The van der Waals surface area contributed by atoms with Crippen LogP contribution in [0.5, 0.6) is 0 Å². The standard InChI is InChI=1S/2C12H27P.3CO.Fe/c2*1-4-7-10-13(11-8-5-2)12-9-6-3;3*1-2;/h2*4-12H2,1-3H3;;;;/p+2. The minimum Gasteiger partial charge on any atom is 0 e. The van der Waals surface area contributed by atoms with Crippen LogP contribution in [-0.2, 0) is 31.0 Å². The predicted molar refractivity (Wildman–Crippen MR) is 147 cm³/mol. The van der Waals surface area contributed by atoms with Gasteiger partial charge in [0.1, 0.15) is 0 Å². The Labute approximate surface area is 221 Å². The third-order valence-corrected chi connectivity index (χ3v) is 11.7. The van der Waals surface area contributed by atoms with Crippen LogP contribution < -0.4 is 0 Å². The minimum atomic E-state index is 0. The zero-order chi connectivity index (χ0) is 25.9. The summed E-state index contributed by atoms with van der Waals surface area (Å²) >= 11 is 0. The number of rotatable bonds is 18. The van der Waals surface area contributed by atoms with E-state index in [1.807, 2.05) is 0 Å². The van der Waals surface area contributed by atoms with Crippen LogP contribution >= 0.6 is 15.8 Å². The Morgan fingerprint density at radius 1 is 0.364 bits per heavy atom. The molecular formula is C27H56FeO3P2+2. The maximum atomic E-state index is 7.50. The fraction of sp³-hybridized carbons (Fsp3) is 0.889. The molecule has 0 spiro atoms. The maximum absolute atomic E-state index is 7.50. The van der Waals surface area contributed by atoms with Crippen LogP contribution in [0.25, 0.3) is 0 Å².